The largest absolute Gasteiger partial charge is 0.300 e. The van der Waals surface area contributed by atoms with Crippen LogP contribution in [-0.4, -0.2) is 12.2 Å². The molecule has 0 aliphatic carbocycles. The number of hydrogen-bond acceptors (Lipinski definition) is 1. The number of halogens is 3. The molecule has 1 rings (SSSR count). The molecule has 0 bridgehead atoms. The van der Waals surface area contributed by atoms with E-state index in [1.54, 1.807) is 6.92 Å². The first kappa shape index (κ1) is 10.8. The van der Waals surface area contributed by atoms with Gasteiger partial charge in [0, 0.05) is 0 Å². The highest BCUT2D eigenvalue weighted by molar-refractivity contribution is 6.00. The number of Topliss-reactive ketones (excluding diaryl/α,β-unsaturated/α-hetero) is 1. The van der Waals surface area contributed by atoms with Crippen LogP contribution >= 0.6 is 0 Å². The van der Waals surface area contributed by atoms with E-state index in [1.807, 2.05) is 0 Å². The minimum atomic E-state index is -3.16. The van der Waals surface area contributed by atoms with Gasteiger partial charge in [-0.3, -0.25) is 4.79 Å². The van der Waals surface area contributed by atoms with Gasteiger partial charge in [0.15, 0.2) is 0 Å². The van der Waals surface area contributed by atoms with Crippen molar-refractivity contribution >= 4 is 5.78 Å². The van der Waals surface area contributed by atoms with E-state index in [-0.39, 0.29) is 5.56 Å². The van der Waals surface area contributed by atoms with E-state index in [2.05, 4.69) is 0 Å². The van der Waals surface area contributed by atoms with Crippen LogP contribution in [0, 0.1) is 19.7 Å². The van der Waals surface area contributed by atoms with Gasteiger partial charge in [0.05, 0.1) is 5.56 Å². The molecule has 0 saturated carbocycles. The van der Waals surface area contributed by atoms with Gasteiger partial charge in [0.2, 0.25) is 5.78 Å². The van der Waals surface area contributed by atoms with E-state index in [0.29, 0.717) is 5.56 Å². The fourth-order valence-corrected chi connectivity index (χ4v) is 1.34. The molecule has 1 aromatic carbocycles. The molecular weight excluding hydrogens is 193 g/mol. The molecule has 0 saturated heterocycles. The van der Waals surface area contributed by atoms with E-state index >= 15 is 0 Å². The lowest BCUT2D eigenvalue weighted by Crippen LogP contribution is -2.14. The minimum absolute atomic E-state index is 0.243. The molecule has 4 heteroatoms. The molecule has 0 aromatic heterocycles. The average Bonchev–Trinajstić information content (AvgIpc) is 2.01. The van der Waals surface area contributed by atoms with E-state index < -0.39 is 23.6 Å². The second-order valence-corrected chi connectivity index (χ2v) is 3.10. The third-order valence-electron chi connectivity index (χ3n) is 1.88. The van der Waals surface area contributed by atoms with Gasteiger partial charge in [-0.1, -0.05) is 6.07 Å². The molecule has 0 unspecified atom stereocenters. The molecule has 0 heterocycles. The van der Waals surface area contributed by atoms with Crippen LogP contribution in [0.5, 0.6) is 0 Å². The van der Waals surface area contributed by atoms with E-state index in [9.17, 15) is 18.0 Å². The van der Waals surface area contributed by atoms with Gasteiger partial charge < -0.3 is 0 Å². The van der Waals surface area contributed by atoms with Crippen LogP contribution in [0.15, 0.2) is 12.1 Å². The molecule has 0 aliphatic heterocycles. The summed E-state index contributed by atoms with van der Waals surface area (Å²) in [4.78, 5) is 10.9. The fourth-order valence-electron chi connectivity index (χ4n) is 1.34. The summed E-state index contributed by atoms with van der Waals surface area (Å²) < 4.78 is 37.3. The topological polar surface area (TPSA) is 17.1 Å². The van der Waals surface area contributed by atoms with Crippen LogP contribution < -0.4 is 0 Å². The third kappa shape index (κ3) is 1.95. The standard InChI is InChI=1S/C10H9F3O/c1-5-3-6(2)8(7(11)4-5)9(14)10(12)13/h3-4,10H,1-2H3. The molecule has 76 valence electrons. The summed E-state index contributed by atoms with van der Waals surface area (Å²) in [5.41, 5.74) is 0.337. The van der Waals surface area contributed by atoms with Crippen molar-refractivity contribution in [2.24, 2.45) is 0 Å². The lowest BCUT2D eigenvalue weighted by molar-refractivity contribution is 0.0673. The van der Waals surface area contributed by atoms with Crippen LogP contribution in [0.25, 0.3) is 0 Å². The van der Waals surface area contributed by atoms with Crippen molar-refractivity contribution in [3.63, 3.8) is 0 Å². The molecule has 14 heavy (non-hydrogen) atoms. The number of benzene rings is 1. The number of rotatable bonds is 2. The van der Waals surface area contributed by atoms with E-state index in [4.69, 9.17) is 0 Å². The SMILES string of the molecule is Cc1cc(C)c(C(=O)C(F)F)c(F)c1. The summed E-state index contributed by atoms with van der Waals surface area (Å²) in [7, 11) is 0. The van der Waals surface area contributed by atoms with Gasteiger partial charge in [0.1, 0.15) is 5.82 Å². The van der Waals surface area contributed by atoms with Gasteiger partial charge in [0.25, 0.3) is 0 Å². The molecular formula is C10H9F3O. The summed E-state index contributed by atoms with van der Waals surface area (Å²) in [5, 5.41) is 0. The zero-order valence-electron chi connectivity index (χ0n) is 7.77. The Bertz CT molecular complexity index is 349. The molecule has 0 radical (unpaired) electrons. The van der Waals surface area contributed by atoms with Crippen LogP contribution in [-0.2, 0) is 0 Å². The normalized spacial score (nSPS) is 10.7. The first-order chi connectivity index (χ1) is 6.43. The van der Waals surface area contributed by atoms with Crippen molar-refractivity contribution < 1.29 is 18.0 Å². The second-order valence-electron chi connectivity index (χ2n) is 3.10. The number of hydrogen-bond donors (Lipinski definition) is 0. The summed E-state index contributed by atoms with van der Waals surface area (Å²) in [6.07, 6.45) is -3.16. The highest BCUT2D eigenvalue weighted by atomic mass is 19.3. The monoisotopic (exact) mass is 202 g/mol. The number of aryl methyl sites for hydroxylation is 2. The lowest BCUT2D eigenvalue weighted by atomic mass is 10.0. The highest BCUT2D eigenvalue weighted by Gasteiger charge is 2.23. The van der Waals surface area contributed by atoms with Crippen LogP contribution in [0.2, 0.25) is 0 Å². The smallest absolute Gasteiger partial charge is 0.288 e. The third-order valence-corrected chi connectivity index (χ3v) is 1.88. The Morgan fingerprint density at radius 1 is 1.29 bits per heavy atom. The van der Waals surface area contributed by atoms with Crippen molar-refractivity contribution in [1.29, 1.82) is 0 Å². The molecule has 0 fully saturated rings. The Labute approximate surface area is 79.5 Å². The Hall–Kier alpha value is -1.32. The predicted octanol–water partition coefficient (Wildman–Crippen LogP) is 2.89. The van der Waals surface area contributed by atoms with Crippen molar-refractivity contribution in [1.82, 2.24) is 0 Å². The van der Waals surface area contributed by atoms with Gasteiger partial charge in [-0.2, -0.15) is 0 Å². The number of alkyl halides is 2. The molecule has 0 spiro atoms. The van der Waals surface area contributed by atoms with Gasteiger partial charge in [-0.25, -0.2) is 13.2 Å². The summed E-state index contributed by atoms with van der Waals surface area (Å²) in [6, 6.07) is 2.57. The van der Waals surface area contributed by atoms with Gasteiger partial charge >= 0.3 is 6.43 Å². The Kier molecular flexibility index (Phi) is 2.93. The van der Waals surface area contributed by atoms with Crippen LogP contribution in [0.4, 0.5) is 13.2 Å². The zero-order chi connectivity index (χ0) is 10.9. The first-order valence-electron chi connectivity index (χ1n) is 4.02. The fraction of sp³-hybridized carbons (Fsp3) is 0.300. The first-order valence-corrected chi connectivity index (χ1v) is 4.02. The van der Waals surface area contributed by atoms with Crippen LogP contribution in [0.3, 0.4) is 0 Å². The second kappa shape index (κ2) is 3.82. The molecule has 0 N–H and O–H groups in total. The summed E-state index contributed by atoms with van der Waals surface area (Å²) in [6.45, 7) is 3.07. The number of ketones is 1. The molecule has 0 amide bonds. The number of carbonyl (C=O) groups is 1. The van der Waals surface area contributed by atoms with Crippen molar-refractivity contribution in [2.45, 2.75) is 20.3 Å². The van der Waals surface area contributed by atoms with E-state index in [0.717, 1.165) is 6.07 Å². The molecule has 0 aliphatic rings. The number of carbonyl (C=O) groups excluding carboxylic acids is 1. The Balaban J connectivity index is 3.28. The summed E-state index contributed by atoms with van der Waals surface area (Å²) >= 11 is 0. The summed E-state index contributed by atoms with van der Waals surface area (Å²) in [5.74, 6) is -2.34. The maximum Gasteiger partial charge on any atom is 0.300 e. The Morgan fingerprint density at radius 2 is 1.86 bits per heavy atom. The molecule has 1 aromatic rings. The van der Waals surface area contributed by atoms with Crippen molar-refractivity contribution in [2.75, 3.05) is 0 Å². The van der Waals surface area contributed by atoms with Crippen molar-refractivity contribution in [3.8, 4) is 0 Å². The lowest BCUT2D eigenvalue weighted by Gasteiger charge is -2.06. The maximum atomic E-state index is 13.2. The quantitative estimate of drug-likeness (QED) is 0.674. The molecule has 0 atom stereocenters. The molecule has 1 nitrogen and oxygen atoms in total. The van der Waals surface area contributed by atoms with Gasteiger partial charge in [-0.15, -0.1) is 0 Å². The average molecular weight is 202 g/mol. The predicted molar refractivity (Wildman–Crippen MR) is 46.2 cm³/mol. The van der Waals surface area contributed by atoms with Crippen LogP contribution in [0.1, 0.15) is 21.5 Å². The highest BCUT2D eigenvalue weighted by Crippen LogP contribution is 2.18. The van der Waals surface area contributed by atoms with Crippen molar-refractivity contribution in [3.05, 3.63) is 34.6 Å². The minimum Gasteiger partial charge on any atom is -0.288 e. The van der Waals surface area contributed by atoms with E-state index in [1.165, 1.54) is 13.0 Å². The Morgan fingerprint density at radius 3 is 2.29 bits per heavy atom. The van der Waals surface area contributed by atoms with Gasteiger partial charge in [-0.05, 0) is 31.0 Å². The zero-order valence-corrected chi connectivity index (χ0v) is 7.77. The maximum absolute atomic E-state index is 13.2.